The molecule has 4 aromatic carbocycles. The van der Waals surface area contributed by atoms with Crippen molar-refractivity contribution < 1.29 is 25.9 Å². The summed E-state index contributed by atoms with van der Waals surface area (Å²) in [7, 11) is -1.29. The maximum absolute atomic E-state index is 8.01. The second-order valence-electron chi connectivity index (χ2n) is 13.3. The van der Waals surface area contributed by atoms with Gasteiger partial charge < -0.3 is 14.0 Å². The average molecular weight is 836 g/mol. The van der Waals surface area contributed by atoms with E-state index in [1.165, 1.54) is 5.19 Å². The minimum absolute atomic E-state index is 0. The third-order valence-electron chi connectivity index (χ3n) is 8.53. The molecule has 0 aliphatic heterocycles. The van der Waals surface area contributed by atoms with Gasteiger partial charge in [0.05, 0.1) is 30.5 Å². The Bertz CT molecular complexity index is 2350. The maximum atomic E-state index is 8.01. The topological polar surface area (TPSA) is 56.7 Å². The molecule has 0 spiro atoms. The number of aryl methyl sites for hydroxylation is 1. The predicted octanol–water partition coefficient (Wildman–Crippen LogP) is 10.3. The van der Waals surface area contributed by atoms with E-state index in [2.05, 4.69) is 82.7 Å². The Balaban J connectivity index is 0.000000182. The van der Waals surface area contributed by atoms with Crippen LogP contribution in [0.4, 0.5) is 0 Å². The Morgan fingerprint density at radius 2 is 1.59 bits per heavy atom. The molecule has 0 saturated heterocycles. The number of aromatic nitrogens is 4. The molecular formula is C42H38IrN4OSi-2. The molecule has 8 aromatic rings. The van der Waals surface area contributed by atoms with E-state index >= 15 is 0 Å². The summed E-state index contributed by atoms with van der Waals surface area (Å²) in [5, 5.41) is 3.39. The number of para-hydroxylation sites is 3. The molecule has 0 aliphatic carbocycles. The number of rotatable bonds is 5. The zero-order valence-corrected chi connectivity index (χ0v) is 31.9. The van der Waals surface area contributed by atoms with Crippen LogP contribution in [0.2, 0.25) is 19.6 Å². The van der Waals surface area contributed by atoms with Gasteiger partial charge in [-0.25, -0.2) is 4.98 Å². The van der Waals surface area contributed by atoms with Gasteiger partial charge in [-0.05, 0) is 54.2 Å². The molecule has 49 heavy (non-hydrogen) atoms. The Kier molecular flexibility index (Phi) is 9.41. The molecule has 7 heteroatoms. The molecule has 247 valence electrons. The van der Waals surface area contributed by atoms with Crippen molar-refractivity contribution in [2.75, 3.05) is 0 Å². The minimum atomic E-state index is -1.29. The monoisotopic (exact) mass is 836 g/mol. The Morgan fingerprint density at radius 1 is 0.816 bits per heavy atom. The van der Waals surface area contributed by atoms with Crippen LogP contribution in [-0.2, 0) is 20.1 Å². The van der Waals surface area contributed by atoms with Gasteiger partial charge in [0.2, 0.25) is 5.71 Å². The molecule has 0 bridgehead atoms. The van der Waals surface area contributed by atoms with E-state index in [0.717, 1.165) is 67.0 Å². The zero-order valence-electron chi connectivity index (χ0n) is 29.5. The van der Waals surface area contributed by atoms with Crippen LogP contribution >= 0.6 is 0 Å². The number of hydrogen-bond acceptors (Lipinski definition) is 4. The summed E-state index contributed by atoms with van der Waals surface area (Å²) in [5.41, 5.74) is 9.09. The van der Waals surface area contributed by atoms with E-state index in [4.69, 9.17) is 10.8 Å². The number of pyridine rings is 2. The molecule has 5 nitrogen and oxygen atoms in total. The van der Waals surface area contributed by atoms with Crippen molar-refractivity contribution in [1.29, 1.82) is 0 Å². The van der Waals surface area contributed by atoms with E-state index in [1.807, 2.05) is 99.8 Å². The maximum Gasteiger partial charge on any atom is 0.216 e. The number of fused-ring (bicyclic) bond motifs is 4. The molecule has 0 aliphatic rings. The fourth-order valence-electron chi connectivity index (χ4n) is 5.80. The van der Waals surface area contributed by atoms with Crippen LogP contribution in [0.25, 0.3) is 61.4 Å². The van der Waals surface area contributed by atoms with Gasteiger partial charge in [-0.2, -0.15) is 0 Å². The van der Waals surface area contributed by atoms with Crippen molar-refractivity contribution in [3.05, 3.63) is 139 Å². The van der Waals surface area contributed by atoms with E-state index in [1.54, 1.807) is 0 Å². The molecule has 0 saturated carbocycles. The first kappa shape index (κ1) is 32.8. The van der Waals surface area contributed by atoms with E-state index in [-0.39, 0.29) is 20.1 Å². The van der Waals surface area contributed by atoms with Crippen LogP contribution in [0.15, 0.2) is 120 Å². The molecule has 4 aromatic heterocycles. The Labute approximate surface area is 303 Å². The number of furan rings is 1. The number of benzene rings is 4. The first-order chi connectivity index (χ1) is 23.5. The standard InChI is InChI=1S/C25H16N3O.C17H22NSi.Ir/c1-16-14-15-19-18-10-7-11-20(23(18)29-25(19)26-16)24-27-21-12-5-6-13-22(21)28(24)17-8-3-2-4-9-17;1-13(2)14-6-8-15(9-7-14)17-11-10-16(12-18-17)19(3,4)5;/h2-10,12-15H,1H3;6-8,10-13H,1-5H3;/q2*-1;/i;13D;. The minimum Gasteiger partial charge on any atom is -0.486 e. The zero-order chi connectivity index (χ0) is 34.3. The van der Waals surface area contributed by atoms with Crippen molar-refractivity contribution in [1.82, 2.24) is 19.5 Å². The summed E-state index contributed by atoms with van der Waals surface area (Å²) in [4.78, 5) is 14.1. The molecule has 0 fully saturated rings. The van der Waals surface area contributed by atoms with Gasteiger partial charge in [0.15, 0.2) is 0 Å². The molecule has 8 rings (SSSR count). The molecule has 0 amide bonds. The second-order valence-corrected chi connectivity index (χ2v) is 18.3. The SMILES string of the molecule is Cc1ccc2c(n1)oc1c(-c3nc4ccccc4n3-c3ccccc3)[c-]ccc12.[2H]C(C)(C)c1c[c-]c(-c2ccc([Si](C)(C)C)cn2)cc1.[Ir]. The molecule has 0 N–H and O–H groups in total. The summed E-state index contributed by atoms with van der Waals surface area (Å²) < 4.78 is 16.4. The fourth-order valence-corrected chi connectivity index (χ4v) is 6.84. The summed E-state index contributed by atoms with van der Waals surface area (Å²) in [6.07, 6.45) is 2.00. The molecule has 0 unspecified atom stereocenters. The van der Waals surface area contributed by atoms with Gasteiger partial charge in [0.1, 0.15) is 0 Å². The Hall–Kier alpha value is -4.68. The molecular weight excluding hydrogens is 797 g/mol. The van der Waals surface area contributed by atoms with Gasteiger partial charge in [0, 0.05) is 44.4 Å². The Morgan fingerprint density at radius 3 is 2.29 bits per heavy atom. The quantitative estimate of drug-likeness (QED) is 0.128. The first-order valence-corrected chi connectivity index (χ1v) is 19.7. The van der Waals surface area contributed by atoms with Gasteiger partial charge in [-0.1, -0.05) is 92.8 Å². The molecule has 4 heterocycles. The summed E-state index contributed by atoms with van der Waals surface area (Å²) in [5.74, 6) is 0.225. The second kappa shape index (κ2) is 14.0. The van der Waals surface area contributed by atoms with Crippen LogP contribution in [0.1, 0.15) is 32.4 Å². The fraction of sp³-hybridized carbons (Fsp3) is 0.167. The number of nitrogens with zero attached hydrogens (tertiary/aromatic N) is 4. The van der Waals surface area contributed by atoms with Crippen LogP contribution in [0, 0.1) is 19.1 Å². The van der Waals surface area contributed by atoms with Crippen LogP contribution in [0.5, 0.6) is 0 Å². The largest absolute Gasteiger partial charge is 0.486 e. The van der Waals surface area contributed by atoms with Gasteiger partial charge in [0.25, 0.3) is 0 Å². The third kappa shape index (κ3) is 6.93. The van der Waals surface area contributed by atoms with E-state index in [9.17, 15) is 0 Å². The van der Waals surface area contributed by atoms with Crippen LogP contribution in [-0.4, -0.2) is 27.6 Å². The summed E-state index contributed by atoms with van der Waals surface area (Å²) in [6, 6.07) is 43.2. The number of imidazole rings is 1. The normalized spacial score (nSPS) is 12.0. The summed E-state index contributed by atoms with van der Waals surface area (Å²) >= 11 is 0. The molecule has 0 atom stereocenters. The summed E-state index contributed by atoms with van der Waals surface area (Å²) in [6.45, 7) is 12.7. The third-order valence-corrected chi connectivity index (χ3v) is 10.6. The van der Waals surface area contributed by atoms with E-state index in [0.29, 0.717) is 5.71 Å². The van der Waals surface area contributed by atoms with Crippen molar-refractivity contribution in [3.8, 4) is 28.3 Å². The van der Waals surface area contributed by atoms with Crippen molar-refractivity contribution >= 4 is 46.4 Å². The van der Waals surface area contributed by atoms with Crippen molar-refractivity contribution in [2.24, 2.45) is 0 Å². The van der Waals surface area contributed by atoms with Crippen molar-refractivity contribution in [3.63, 3.8) is 0 Å². The average Bonchev–Trinajstić information content (AvgIpc) is 3.66. The molecule has 1 radical (unpaired) electrons. The van der Waals surface area contributed by atoms with Crippen LogP contribution < -0.4 is 5.19 Å². The van der Waals surface area contributed by atoms with Gasteiger partial charge in [-0.15, -0.1) is 53.6 Å². The predicted molar refractivity (Wildman–Crippen MR) is 201 cm³/mol. The van der Waals surface area contributed by atoms with E-state index < -0.39 is 14.0 Å². The first-order valence-electron chi connectivity index (χ1n) is 16.7. The van der Waals surface area contributed by atoms with Gasteiger partial charge in [-0.3, -0.25) is 4.98 Å². The van der Waals surface area contributed by atoms with Crippen molar-refractivity contribution in [2.45, 2.75) is 46.3 Å². The smallest absolute Gasteiger partial charge is 0.216 e. The number of hydrogen-bond donors (Lipinski definition) is 0. The van der Waals surface area contributed by atoms with Gasteiger partial charge >= 0.3 is 0 Å². The van der Waals surface area contributed by atoms with Crippen LogP contribution in [0.3, 0.4) is 0 Å².